The van der Waals surface area contributed by atoms with Crippen molar-refractivity contribution in [2.45, 2.75) is 6.42 Å². The van der Waals surface area contributed by atoms with Gasteiger partial charge in [-0.05, 0) is 18.6 Å². The highest BCUT2D eigenvalue weighted by atomic mass is 35.5. The maximum absolute atomic E-state index is 8.80. The van der Waals surface area contributed by atoms with E-state index < -0.39 is 0 Å². The zero-order valence-electron chi connectivity index (χ0n) is 7.63. The Hall–Kier alpha value is -1.24. The average Bonchev–Trinajstić information content (AvgIpc) is 2.20. The van der Waals surface area contributed by atoms with Crippen molar-refractivity contribution in [3.8, 4) is 6.07 Å². The average molecular weight is 211 g/mol. The summed E-state index contributed by atoms with van der Waals surface area (Å²) >= 11 is 5.91. The summed E-state index contributed by atoms with van der Waals surface area (Å²) in [6.07, 6.45) is 0.635. The van der Waals surface area contributed by atoms with Gasteiger partial charge in [-0.1, -0.05) is 17.7 Å². The van der Waals surface area contributed by atoms with Crippen LogP contribution in [0.3, 0.4) is 0 Å². The molecule has 0 bridgehead atoms. The van der Waals surface area contributed by atoms with Crippen molar-refractivity contribution in [1.29, 1.82) is 5.26 Å². The summed E-state index contributed by atoms with van der Waals surface area (Å²) in [5, 5.41) is 21.0. The molecule has 0 aliphatic heterocycles. The molecule has 74 valence electrons. The van der Waals surface area contributed by atoms with Gasteiger partial charge in [-0.2, -0.15) is 5.26 Å². The molecule has 2 N–H and O–H groups in total. The smallest absolute Gasteiger partial charge is 0.101 e. The first-order valence-corrected chi connectivity index (χ1v) is 4.70. The Bertz CT molecular complexity index is 346. The Balaban J connectivity index is 2.78. The van der Waals surface area contributed by atoms with Gasteiger partial charge in [0.25, 0.3) is 0 Å². The number of hydrogen-bond acceptors (Lipinski definition) is 3. The minimum absolute atomic E-state index is 0.124. The number of rotatable bonds is 4. The zero-order chi connectivity index (χ0) is 10.4. The van der Waals surface area contributed by atoms with Crippen LogP contribution in [0, 0.1) is 11.3 Å². The predicted molar refractivity (Wildman–Crippen MR) is 56.4 cm³/mol. The van der Waals surface area contributed by atoms with Gasteiger partial charge in [0.2, 0.25) is 0 Å². The molecule has 0 aromatic heterocycles. The van der Waals surface area contributed by atoms with Crippen LogP contribution in [0.2, 0.25) is 5.02 Å². The van der Waals surface area contributed by atoms with Gasteiger partial charge < -0.3 is 10.4 Å². The molecule has 0 aliphatic carbocycles. The highest BCUT2D eigenvalue weighted by Crippen LogP contribution is 2.25. The lowest BCUT2D eigenvalue weighted by Gasteiger charge is -2.08. The van der Waals surface area contributed by atoms with Crippen LogP contribution < -0.4 is 5.32 Å². The van der Waals surface area contributed by atoms with Crippen LogP contribution in [0.25, 0.3) is 0 Å². The Morgan fingerprint density at radius 1 is 1.50 bits per heavy atom. The van der Waals surface area contributed by atoms with E-state index >= 15 is 0 Å². The van der Waals surface area contributed by atoms with Crippen molar-refractivity contribution in [3.05, 3.63) is 28.8 Å². The lowest BCUT2D eigenvalue weighted by Crippen LogP contribution is -2.05. The second-order valence-corrected chi connectivity index (χ2v) is 3.19. The standard InChI is InChI=1S/C10H11ClN2O/c11-9-4-1-3-8(7-12)10(9)13-5-2-6-14/h1,3-4,13-14H,2,5-6H2. The Morgan fingerprint density at radius 3 is 2.93 bits per heavy atom. The largest absolute Gasteiger partial charge is 0.396 e. The molecule has 1 aromatic carbocycles. The predicted octanol–water partition coefficient (Wildman–Crippen LogP) is 2.01. The highest BCUT2D eigenvalue weighted by Gasteiger charge is 2.04. The van der Waals surface area contributed by atoms with E-state index in [4.69, 9.17) is 22.0 Å². The van der Waals surface area contributed by atoms with Crippen LogP contribution in [0.15, 0.2) is 18.2 Å². The Labute approximate surface area is 87.9 Å². The number of para-hydroxylation sites is 1. The second-order valence-electron chi connectivity index (χ2n) is 2.78. The summed E-state index contributed by atoms with van der Waals surface area (Å²) in [5.41, 5.74) is 1.17. The first-order chi connectivity index (χ1) is 6.79. The molecule has 0 amide bonds. The van der Waals surface area contributed by atoms with E-state index in [9.17, 15) is 0 Å². The molecule has 0 saturated heterocycles. The number of aliphatic hydroxyl groups is 1. The van der Waals surface area contributed by atoms with Crippen molar-refractivity contribution < 1.29 is 5.11 Å². The van der Waals surface area contributed by atoms with Crippen LogP contribution in [-0.4, -0.2) is 18.3 Å². The third-order valence-corrected chi connectivity index (χ3v) is 2.09. The fraction of sp³-hybridized carbons (Fsp3) is 0.300. The summed E-state index contributed by atoms with van der Waals surface area (Å²) in [6.45, 7) is 0.730. The number of nitriles is 1. The number of halogens is 1. The maximum Gasteiger partial charge on any atom is 0.101 e. The van der Waals surface area contributed by atoms with E-state index in [1.807, 2.05) is 0 Å². The van der Waals surface area contributed by atoms with Crippen molar-refractivity contribution >= 4 is 17.3 Å². The molecule has 0 saturated carbocycles. The number of benzene rings is 1. The maximum atomic E-state index is 8.80. The molecule has 1 aromatic rings. The molecule has 3 nitrogen and oxygen atoms in total. The number of nitrogens with one attached hydrogen (secondary N) is 1. The molecule has 0 spiro atoms. The van der Waals surface area contributed by atoms with Crippen LogP contribution >= 0.6 is 11.6 Å². The number of aliphatic hydroxyl groups excluding tert-OH is 1. The Kier molecular flexibility index (Phi) is 4.24. The monoisotopic (exact) mass is 210 g/mol. The van der Waals surface area contributed by atoms with Crippen molar-refractivity contribution in [1.82, 2.24) is 0 Å². The molecule has 4 heteroatoms. The van der Waals surface area contributed by atoms with Crippen molar-refractivity contribution in [2.75, 3.05) is 18.5 Å². The van der Waals surface area contributed by atoms with Gasteiger partial charge in [0, 0.05) is 13.2 Å². The number of nitrogens with zero attached hydrogens (tertiary/aromatic N) is 1. The molecule has 1 rings (SSSR count). The van der Waals surface area contributed by atoms with Gasteiger partial charge in [-0.3, -0.25) is 0 Å². The fourth-order valence-electron chi connectivity index (χ4n) is 1.09. The summed E-state index contributed by atoms with van der Waals surface area (Å²) in [4.78, 5) is 0. The number of hydrogen-bond donors (Lipinski definition) is 2. The lowest BCUT2D eigenvalue weighted by atomic mass is 10.2. The summed E-state index contributed by atoms with van der Waals surface area (Å²) < 4.78 is 0. The molecule has 0 atom stereocenters. The Morgan fingerprint density at radius 2 is 2.29 bits per heavy atom. The van der Waals surface area contributed by atoms with E-state index in [2.05, 4.69) is 11.4 Å². The zero-order valence-corrected chi connectivity index (χ0v) is 8.38. The van der Waals surface area contributed by atoms with Gasteiger partial charge in [0.1, 0.15) is 6.07 Å². The highest BCUT2D eigenvalue weighted by molar-refractivity contribution is 6.33. The molecule has 0 heterocycles. The minimum atomic E-state index is 0.124. The lowest BCUT2D eigenvalue weighted by molar-refractivity contribution is 0.292. The fourth-order valence-corrected chi connectivity index (χ4v) is 1.33. The van der Waals surface area contributed by atoms with Crippen LogP contribution in [0.1, 0.15) is 12.0 Å². The second kappa shape index (κ2) is 5.48. The SMILES string of the molecule is N#Cc1cccc(Cl)c1NCCCO. The normalized spacial score (nSPS) is 9.50. The van der Waals surface area contributed by atoms with Crippen molar-refractivity contribution in [2.24, 2.45) is 0 Å². The molecule has 0 radical (unpaired) electrons. The van der Waals surface area contributed by atoms with Gasteiger partial charge in [-0.25, -0.2) is 0 Å². The van der Waals surface area contributed by atoms with Gasteiger partial charge in [-0.15, -0.1) is 0 Å². The number of anilines is 1. The molecule has 0 fully saturated rings. The molecule has 0 aliphatic rings. The van der Waals surface area contributed by atoms with E-state index in [1.54, 1.807) is 18.2 Å². The quantitative estimate of drug-likeness (QED) is 0.748. The van der Waals surface area contributed by atoms with Crippen molar-refractivity contribution in [3.63, 3.8) is 0 Å². The van der Waals surface area contributed by atoms with Crippen LogP contribution in [-0.2, 0) is 0 Å². The van der Waals surface area contributed by atoms with Gasteiger partial charge in [0.15, 0.2) is 0 Å². The summed E-state index contributed by atoms with van der Waals surface area (Å²) in [6, 6.07) is 7.22. The topological polar surface area (TPSA) is 56.0 Å². The summed E-state index contributed by atoms with van der Waals surface area (Å²) in [5.74, 6) is 0. The minimum Gasteiger partial charge on any atom is -0.396 e. The van der Waals surface area contributed by atoms with E-state index in [0.717, 1.165) is 0 Å². The van der Waals surface area contributed by atoms with Crippen LogP contribution in [0.4, 0.5) is 5.69 Å². The first-order valence-electron chi connectivity index (χ1n) is 4.33. The summed E-state index contributed by atoms with van der Waals surface area (Å²) in [7, 11) is 0. The van der Waals surface area contributed by atoms with E-state index in [-0.39, 0.29) is 6.61 Å². The van der Waals surface area contributed by atoms with E-state index in [1.165, 1.54) is 0 Å². The first kappa shape index (κ1) is 10.8. The van der Waals surface area contributed by atoms with Gasteiger partial charge >= 0.3 is 0 Å². The molecule has 14 heavy (non-hydrogen) atoms. The van der Waals surface area contributed by atoms with E-state index in [0.29, 0.717) is 29.2 Å². The molecule has 0 unspecified atom stereocenters. The third kappa shape index (κ3) is 2.63. The van der Waals surface area contributed by atoms with Gasteiger partial charge in [0.05, 0.1) is 16.3 Å². The third-order valence-electron chi connectivity index (χ3n) is 1.77. The molecular weight excluding hydrogens is 200 g/mol. The molecular formula is C10H11ClN2O. The van der Waals surface area contributed by atoms with Crippen LogP contribution in [0.5, 0.6) is 0 Å².